The molecule has 0 fully saturated rings. The van der Waals surface area contributed by atoms with Gasteiger partial charge in [0.25, 0.3) is 0 Å². The lowest BCUT2D eigenvalue weighted by Crippen LogP contribution is -2.04. The summed E-state index contributed by atoms with van der Waals surface area (Å²) >= 11 is 6.12. The van der Waals surface area contributed by atoms with Gasteiger partial charge in [-0.15, -0.1) is 0 Å². The summed E-state index contributed by atoms with van der Waals surface area (Å²) in [4.78, 5) is 4.37. The monoisotopic (exact) mass is 330 g/mol. The number of benzene rings is 1. The van der Waals surface area contributed by atoms with Crippen LogP contribution in [0.1, 0.15) is 18.2 Å². The standard InChI is InChI=1S/C17H19ClN4O/c1-4-14-13(17(23-3)22(2)21-14)10-20-16-7-8-19-15-6-5-11(18)9-12(15)16/h5-9H,4,10H2,1-3H3,(H,19,20). The number of halogens is 1. The van der Waals surface area contributed by atoms with Gasteiger partial charge in [0, 0.05) is 35.9 Å². The highest BCUT2D eigenvalue weighted by atomic mass is 35.5. The van der Waals surface area contributed by atoms with E-state index in [2.05, 4.69) is 22.3 Å². The zero-order valence-corrected chi connectivity index (χ0v) is 14.2. The van der Waals surface area contributed by atoms with Crippen LogP contribution < -0.4 is 10.1 Å². The third kappa shape index (κ3) is 2.97. The normalized spacial score (nSPS) is 11.0. The second-order valence-electron chi connectivity index (χ2n) is 5.29. The molecule has 0 aliphatic rings. The lowest BCUT2D eigenvalue weighted by molar-refractivity contribution is 0.370. The first-order valence-electron chi connectivity index (χ1n) is 7.51. The Bertz CT molecular complexity index is 844. The molecule has 0 atom stereocenters. The Labute approximate surface area is 140 Å². The van der Waals surface area contributed by atoms with E-state index < -0.39 is 0 Å². The molecule has 0 radical (unpaired) electrons. The van der Waals surface area contributed by atoms with Crippen molar-refractivity contribution in [2.75, 3.05) is 12.4 Å². The molecule has 1 aromatic carbocycles. The Morgan fingerprint density at radius 3 is 2.87 bits per heavy atom. The van der Waals surface area contributed by atoms with Crippen molar-refractivity contribution in [3.8, 4) is 5.88 Å². The topological polar surface area (TPSA) is 52.0 Å². The molecule has 5 nitrogen and oxygen atoms in total. The molecule has 3 rings (SSSR count). The molecule has 0 spiro atoms. The van der Waals surface area contributed by atoms with E-state index in [9.17, 15) is 0 Å². The summed E-state index contributed by atoms with van der Waals surface area (Å²) < 4.78 is 7.26. The Kier molecular flexibility index (Phi) is 4.39. The summed E-state index contributed by atoms with van der Waals surface area (Å²) in [6.45, 7) is 2.72. The number of ether oxygens (including phenoxy) is 1. The van der Waals surface area contributed by atoms with E-state index in [1.165, 1.54) is 0 Å². The number of hydrogen-bond acceptors (Lipinski definition) is 4. The Morgan fingerprint density at radius 1 is 1.30 bits per heavy atom. The lowest BCUT2D eigenvalue weighted by Gasteiger charge is -2.11. The van der Waals surface area contributed by atoms with Crippen molar-refractivity contribution in [3.63, 3.8) is 0 Å². The summed E-state index contributed by atoms with van der Waals surface area (Å²) in [6.07, 6.45) is 2.65. The minimum absolute atomic E-state index is 0.631. The van der Waals surface area contributed by atoms with Crippen LogP contribution >= 0.6 is 11.6 Å². The maximum Gasteiger partial charge on any atom is 0.216 e. The SMILES string of the molecule is CCc1nn(C)c(OC)c1CNc1ccnc2ccc(Cl)cc12. The lowest BCUT2D eigenvalue weighted by atomic mass is 10.1. The third-order valence-electron chi connectivity index (χ3n) is 3.86. The molecule has 0 saturated carbocycles. The fourth-order valence-electron chi connectivity index (χ4n) is 2.78. The Hall–Kier alpha value is -2.27. The molecule has 0 aliphatic heterocycles. The van der Waals surface area contributed by atoms with Crippen LogP contribution in [-0.4, -0.2) is 21.9 Å². The van der Waals surface area contributed by atoms with Crippen molar-refractivity contribution in [1.29, 1.82) is 0 Å². The van der Waals surface area contributed by atoms with Gasteiger partial charge in [-0.25, -0.2) is 4.68 Å². The molecule has 0 unspecified atom stereocenters. The van der Waals surface area contributed by atoms with Gasteiger partial charge in [-0.3, -0.25) is 4.98 Å². The molecule has 120 valence electrons. The molecule has 6 heteroatoms. The van der Waals surface area contributed by atoms with Gasteiger partial charge < -0.3 is 10.1 Å². The average Bonchev–Trinajstić information content (AvgIpc) is 2.87. The van der Waals surface area contributed by atoms with Gasteiger partial charge in [0.2, 0.25) is 5.88 Å². The molecule has 3 aromatic rings. The summed E-state index contributed by atoms with van der Waals surface area (Å²) in [5, 5.41) is 9.67. The summed E-state index contributed by atoms with van der Waals surface area (Å²) in [5.74, 6) is 0.783. The van der Waals surface area contributed by atoms with Crippen LogP contribution in [-0.2, 0) is 20.0 Å². The van der Waals surface area contributed by atoms with Crippen molar-refractivity contribution in [1.82, 2.24) is 14.8 Å². The largest absolute Gasteiger partial charge is 0.481 e. The maximum absolute atomic E-state index is 6.12. The highest BCUT2D eigenvalue weighted by molar-refractivity contribution is 6.31. The van der Waals surface area contributed by atoms with E-state index in [1.54, 1.807) is 18.0 Å². The number of fused-ring (bicyclic) bond motifs is 1. The Morgan fingerprint density at radius 2 is 2.13 bits per heavy atom. The van der Waals surface area contributed by atoms with Crippen LogP contribution in [0.3, 0.4) is 0 Å². The predicted molar refractivity (Wildman–Crippen MR) is 93.2 cm³/mol. The highest BCUT2D eigenvalue weighted by Crippen LogP contribution is 2.27. The molecule has 1 N–H and O–H groups in total. The fraction of sp³-hybridized carbons (Fsp3) is 0.294. The van der Waals surface area contributed by atoms with E-state index in [0.717, 1.165) is 40.1 Å². The number of rotatable bonds is 5. The van der Waals surface area contributed by atoms with E-state index in [-0.39, 0.29) is 0 Å². The number of pyridine rings is 1. The first-order chi connectivity index (χ1) is 11.1. The molecule has 0 aliphatic carbocycles. The van der Waals surface area contributed by atoms with Crippen molar-refractivity contribution in [2.24, 2.45) is 7.05 Å². The van der Waals surface area contributed by atoms with Gasteiger partial charge in [-0.2, -0.15) is 5.10 Å². The first kappa shape index (κ1) is 15.6. The van der Waals surface area contributed by atoms with Crippen LogP contribution in [0.4, 0.5) is 5.69 Å². The number of anilines is 1. The van der Waals surface area contributed by atoms with Crippen molar-refractivity contribution < 1.29 is 4.74 Å². The van der Waals surface area contributed by atoms with Crippen molar-refractivity contribution in [3.05, 3.63) is 46.7 Å². The first-order valence-corrected chi connectivity index (χ1v) is 7.88. The fourth-order valence-corrected chi connectivity index (χ4v) is 2.95. The predicted octanol–water partition coefficient (Wildman–Crippen LogP) is 3.80. The molecule has 0 saturated heterocycles. The van der Waals surface area contributed by atoms with Gasteiger partial charge in [0.15, 0.2) is 0 Å². The molecular weight excluding hydrogens is 312 g/mol. The van der Waals surface area contributed by atoms with E-state index in [1.807, 2.05) is 31.3 Å². The van der Waals surface area contributed by atoms with Crippen LogP contribution in [0.15, 0.2) is 30.5 Å². The molecule has 2 aromatic heterocycles. The smallest absolute Gasteiger partial charge is 0.216 e. The molecule has 23 heavy (non-hydrogen) atoms. The van der Waals surface area contributed by atoms with Crippen LogP contribution in [0, 0.1) is 0 Å². The van der Waals surface area contributed by atoms with Gasteiger partial charge in [-0.1, -0.05) is 18.5 Å². The second kappa shape index (κ2) is 6.46. The number of aryl methyl sites for hydroxylation is 2. The zero-order chi connectivity index (χ0) is 16.4. The molecule has 0 amide bonds. The minimum Gasteiger partial charge on any atom is -0.481 e. The number of methoxy groups -OCH3 is 1. The quantitative estimate of drug-likeness (QED) is 0.773. The van der Waals surface area contributed by atoms with E-state index >= 15 is 0 Å². The second-order valence-corrected chi connectivity index (χ2v) is 5.72. The third-order valence-corrected chi connectivity index (χ3v) is 4.09. The summed E-state index contributed by atoms with van der Waals surface area (Å²) in [7, 11) is 3.56. The maximum atomic E-state index is 6.12. The van der Waals surface area contributed by atoms with Crippen LogP contribution in [0.2, 0.25) is 5.02 Å². The average molecular weight is 331 g/mol. The summed E-state index contributed by atoms with van der Waals surface area (Å²) in [6, 6.07) is 7.64. The number of aromatic nitrogens is 3. The van der Waals surface area contributed by atoms with Crippen LogP contribution in [0.5, 0.6) is 5.88 Å². The van der Waals surface area contributed by atoms with E-state index in [0.29, 0.717) is 11.6 Å². The summed E-state index contributed by atoms with van der Waals surface area (Å²) in [5.41, 5.74) is 4.01. The number of hydrogen-bond donors (Lipinski definition) is 1. The number of nitrogens with one attached hydrogen (secondary N) is 1. The Balaban J connectivity index is 1.94. The molecule has 2 heterocycles. The van der Waals surface area contributed by atoms with Crippen LogP contribution in [0.25, 0.3) is 10.9 Å². The van der Waals surface area contributed by atoms with Gasteiger partial charge in [-0.05, 0) is 30.7 Å². The molecule has 0 bridgehead atoms. The van der Waals surface area contributed by atoms with Crippen molar-refractivity contribution in [2.45, 2.75) is 19.9 Å². The zero-order valence-electron chi connectivity index (χ0n) is 13.4. The van der Waals surface area contributed by atoms with Gasteiger partial charge in [0.1, 0.15) is 0 Å². The minimum atomic E-state index is 0.631. The van der Waals surface area contributed by atoms with E-state index in [4.69, 9.17) is 16.3 Å². The van der Waals surface area contributed by atoms with Gasteiger partial charge in [0.05, 0.1) is 23.9 Å². The molecular formula is C17H19ClN4O. The highest BCUT2D eigenvalue weighted by Gasteiger charge is 2.15. The van der Waals surface area contributed by atoms with Crippen molar-refractivity contribution >= 4 is 28.2 Å². The number of nitrogens with zero attached hydrogens (tertiary/aromatic N) is 3. The van der Waals surface area contributed by atoms with Gasteiger partial charge >= 0.3 is 0 Å².